The SMILES string of the molecule is COc1ccccc1[C@@H]1Nc2ccc(I)cc2[C@H]2C=CC[C@@H]21. The highest BCUT2D eigenvalue weighted by molar-refractivity contribution is 14.1. The molecule has 0 saturated heterocycles. The number of methoxy groups -OCH3 is 1. The summed E-state index contributed by atoms with van der Waals surface area (Å²) in [6.07, 6.45) is 5.82. The molecule has 0 bridgehead atoms. The molecule has 2 aliphatic rings. The second-order valence-electron chi connectivity index (χ2n) is 5.95. The Morgan fingerprint density at radius 2 is 2.00 bits per heavy atom. The van der Waals surface area contributed by atoms with Gasteiger partial charge >= 0.3 is 0 Å². The van der Waals surface area contributed by atoms with E-state index in [0.29, 0.717) is 17.9 Å². The van der Waals surface area contributed by atoms with Crippen LogP contribution in [0.15, 0.2) is 54.6 Å². The fourth-order valence-corrected chi connectivity index (χ4v) is 4.31. The third-order valence-corrected chi connectivity index (χ3v) is 5.47. The van der Waals surface area contributed by atoms with Gasteiger partial charge in [-0.25, -0.2) is 0 Å². The minimum atomic E-state index is 0.295. The minimum Gasteiger partial charge on any atom is -0.496 e. The zero-order chi connectivity index (χ0) is 15.1. The number of allylic oxidation sites excluding steroid dienone is 2. The van der Waals surface area contributed by atoms with E-state index in [1.807, 2.05) is 6.07 Å². The fraction of sp³-hybridized carbons (Fsp3) is 0.263. The molecule has 112 valence electrons. The van der Waals surface area contributed by atoms with Crippen LogP contribution in [-0.2, 0) is 0 Å². The van der Waals surface area contributed by atoms with Crippen molar-refractivity contribution in [1.29, 1.82) is 0 Å². The van der Waals surface area contributed by atoms with Gasteiger partial charge in [0, 0.05) is 20.7 Å². The van der Waals surface area contributed by atoms with E-state index in [2.05, 4.69) is 76.5 Å². The Bertz CT molecular complexity index is 740. The molecular weight excluding hydrogens is 385 g/mol. The molecule has 0 fully saturated rings. The van der Waals surface area contributed by atoms with E-state index in [1.54, 1.807) is 7.11 Å². The second kappa shape index (κ2) is 5.61. The van der Waals surface area contributed by atoms with Crippen LogP contribution < -0.4 is 10.1 Å². The van der Waals surface area contributed by atoms with Gasteiger partial charge in [-0.15, -0.1) is 0 Å². The first-order chi connectivity index (χ1) is 10.8. The van der Waals surface area contributed by atoms with Crippen LogP contribution in [0.5, 0.6) is 5.75 Å². The third-order valence-electron chi connectivity index (χ3n) is 4.80. The Morgan fingerprint density at radius 1 is 1.14 bits per heavy atom. The lowest BCUT2D eigenvalue weighted by Gasteiger charge is -2.38. The average Bonchev–Trinajstić information content (AvgIpc) is 3.04. The predicted octanol–water partition coefficient (Wildman–Crippen LogP) is 5.13. The number of nitrogens with one attached hydrogen (secondary N) is 1. The molecule has 3 atom stereocenters. The molecule has 22 heavy (non-hydrogen) atoms. The van der Waals surface area contributed by atoms with Gasteiger partial charge in [-0.05, 0) is 64.8 Å². The summed E-state index contributed by atoms with van der Waals surface area (Å²) in [5.74, 6) is 2.03. The summed E-state index contributed by atoms with van der Waals surface area (Å²) >= 11 is 2.40. The summed E-state index contributed by atoms with van der Waals surface area (Å²) in [5, 5.41) is 3.76. The van der Waals surface area contributed by atoms with Crippen LogP contribution in [0.25, 0.3) is 0 Å². The standard InChI is InChI=1S/C19H18INO/c1-22-18-8-3-2-5-15(18)19-14-7-4-6-13(14)16-11-12(20)9-10-17(16)21-19/h2-6,8-11,13-14,19,21H,7H2,1H3/t13-,14-,19+/m0/s1. The van der Waals surface area contributed by atoms with E-state index in [4.69, 9.17) is 4.74 Å². The molecule has 2 nitrogen and oxygen atoms in total. The largest absolute Gasteiger partial charge is 0.496 e. The van der Waals surface area contributed by atoms with Gasteiger partial charge in [0.15, 0.2) is 0 Å². The van der Waals surface area contributed by atoms with Crippen molar-refractivity contribution in [3.63, 3.8) is 0 Å². The smallest absolute Gasteiger partial charge is 0.124 e. The average molecular weight is 403 g/mol. The summed E-state index contributed by atoms with van der Waals surface area (Å²) in [5.41, 5.74) is 3.94. The maximum atomic E-state index is 5.59. The summed E-state index contributed by atoms with van der Waals surface area (Å²) in [7, 11) is 1.75. The Hall–Kier alpha value is -1.49. The zero-order valence-corrected chi connectivity index (χ0v) is 14.6. The van der Waals surface area contributed by atoms with Crippen molar-refractivity contribution in [3.05, 3.63) is 69.3 Å². The normalized spacial score (nSPS) is 25.3. The van der Waals surface area contributed by atoms with Crippen molar-refractivity contribution in [2.45, 2.75) is 18.4 Å². The number of benzene rings is 2. The molecule has 0 aromatic heterocycles. The monoisotopic (exact) mass is 403 g/mol. The van der Waals surface area contributed by atoms with E-state index in [1.165, 1.54) is 20.4 Å². The predicted molar refractivity (Wildman–Crippen MR) is 98.5 cm³/mol. The van der Waals surface area contributed by atoms with Gasteiger partial charge < -0.3 is 10.1 Å². The van der Waals surface area contributed by atoms with Crippen LogP contribution in [0.4, 0.5) is 5.69 Å². The molecule has 0 unspecified atom stereocenters. The molecule has 1 N–H and O–H groups in total. The minimum absolute atomic E-state index is 0.295. The van der Waals surface area contributed by atoms with Crippen LogP contribution in [0.1, 0.15) is 29.5 Å². The number of para-hydroxylation sites is 1. The highest BCUT2D eigenvalue weighted by Gasteiger charge is 2.38. The van der Waals surface area contributed by atoms with Gasteiger partial charge in [0.2, 0.25) is 0 Å². The number of rotatable bonds is 2. The Kier molecular flexibility index (Phi) is 3.60. The van der Waals surface area contributed by atoms with Crippen molar-refractivity contribution < 1.29 is 4.74 Å². The molecule has 1 aliphatic heterocycles. The quantitative estimate of drug-likeness (QED) is 0.555. The summed E-state index contributed by atoms with van der Waals surface area (Å²) in [6.45, 7) is 0. The molecule has 3 heteroatoms. The summed E-state index contributed by atoms with van der Waals surface area (Å²) < 4.78 is 6.89. The zero-order valence-electron chi connectivity index (χ0n) is 12.4. The number of ether oxygens (including phenoxy) is 1. The highest BCUT2D eigenvalue weighted by atomic mass is 127. The Balaban J connectivity index is 1.81. The van der Waals surface area contributed by atoms with Crippen molar-refractivity contribution in [2.75, 3.05) is 12.4 Å². The van der Waals surface area contributed by atoms with E-state index in [-0.39, 0.29) is 0 Å². The van der Waals surface area contributed by atoms with E-state index >= 15 is 0 Å². The maximum Gasteiger partial charge on any atom is 0.124 e. The second-order valence-corrected chi connectivity index (χ2v) is 7.19. The third kappa shape index (κ3) is 2.22. The fourth-order valence-electron chi connectivity index (χ4n) is 3.80. The molecule has 4 rings (SSSR count). The van der Waals surface area contributed by atoms with Crippen molar-refractivity contribution in [1.82, 2.24) is 0 Å². The first kappa shape index (κ1) is 14.1. The van der Waals surface area contributed by atoms with Gasteiger partial charge in [-0.2, -0.15) is 0 Å². The van der Waals surface area contributed by atoms with Crippen molar-refractivity contribution >= 4 is 28.3 Å². The first-order valence-electron chi connectivity index (χ1n) is 7.63. The number of fused-ring (bicyclic) bond motifs is 3. The molecule has 2 aromatic rings. The van der Waals surface area contributed by atoms with Gasteiger partial charge in [0.05, 0.1) is 13.2 Å². The number of halogens is 1. The maximum absolute atomic E-state index is 5.59. The summed E-state index contributed by atoms with van der Waals surface area (Å²) in [4.78, 5) is 0. The van der Waals surface area contributed by atoms with Gasteiger partial charge in [-0.3, -0.25) is 0 Å². The number of hydrogen-bond donors (Lipinski definition) is 1. The summed E-state index contributed by atoms with van der Waals surface area (Å²) in [6, 6.07) is 15.4. The van der Waals surface area contributed by atoms with Gasteiger partial charge in [-0.1, -0.05) is 30.4 Å². The Morgan fingerprint density at radius 3 is 2.86 bits per heavy atom. The van der Waals surface area contributed by atoms with E-state index < -0.39 is 0 Å². The number of hydrogen-bond acceptors (Lipinski definition) is 2. The molecule has 1 aliphatic carbocycles. The van der Waals surface area contributed by atoms with Crippen LogP contribution in [0.3, 0.4) is 0 Å². The molecular formula is C19H18INO. The first-order valence-corrected chi connectivity index (χ1v) is 8.71. The van der Waals surface area contributed by atoms with Crippen molar-refractivity contribution in [3.8, 4) is 5.75 Å². The molecule has 0 amide bonds. The number of anilines is 1. The van der Waals surface area contributed by atoms with Gasteiger partial charge in [0.1, 0.15) is 5.75 Å². The van der Waals surface area contributed by atoms with E-state index in [9.17, 15) is 0 Å². The van der Waals surface area contributed by atoms with Crippen molar-refractivity contribution in [2.24, 2.45) is 5.92 Å². The molecule has 0 spiro atoms. The lowest BCUT2D eigenvalue weighted by molar-refractivity contribution is 0.381. The topological polar surface area (TPSA) is 21.3 Å². The van der Waals surface area contributed by atoms with Gasteiger partial charge in [0.25, 0.3) is 0 Å². The molecule has 2 aromatic carbocycles. The van der Waals surface area contributed by atoms with Crippen LogP contribution in [-0.4, -0.2) is 7.11 Å². The lowest BCUT2D eigenvalue weighted by atomic mass is 9.77. The molecule has 0 radical (unpaired) electrons. The lowest BCUT2D eigenvalue weighted by Crippen LogP contribution is -2.29. The van der Waals surface area contributed by atoms with E-state index in [0.717, 1.165) is 12.2 Å². The van der Waals surface area contributed by atoms with Crippen LogP contribution in [0.2, 0.25) is 0 Å². The highest BCUT2D eigenvalue weighted by Crippen LogP contribution is 2.51. The van der Waals surface area contributed by atoms with Crippen LogP contribution in [0, 0.1) is 9.49 Å². The molecule has 0 saturated carbocycles. The Labute approximate surface area is 144 Å². The molecule has 1 heterocycles. The van der Waals surface area contributed by atoms with Crippen LogP contribution >= 0.6 is 22.6 Å².